The minimum atomic E-state index is -0.0866. The van der Waals surface area contributed by atoms with Gasteiger partial charge >= 0.3 is 0 Å². The summed E-state index contributed by atoms with van der Waals surface area (Å²) in [5, 5.41) is 18.1. The van der Waals surface area contributed by atoms with Crippen LogP contribution in [0.3, 0.4) is 0 Å². The van der Waals surface area contributed by atoms with Gasteiger partial charge in [0.25, 0.3) is 5.91 Å². The molecule has 0 bridgehead atoms. The highest BCUT2D eigenvalue weighted by Crippen LogP contribution is 2.21. The van der Waals surface area contributed by atoms with Crippen molar-refractivity contribution in [2.75, 3.05) is 19.7 Å². The lowest BCUT2D eigenvalue weighted by Gasteiger charge is -2.30. The number of halogens is 1. The van der Waals surface area contributed by atoms with Gasteiger partial charge in [0.2, 0.25) is 0 Å². The summed E-state index contributed by atoms with van der Waals surface area (Å²) in [4.78, 5) is 14.6. The molecule has 6 nitrogen and oxygen atoms in total. The molecule has 0 unspecified atom stereocenters. The van der Waals surface area contributed by atoms with E-state index in [1.165, 1.54) is 0 Å². The van der Waals surface area contributed by atoms with Crippen molar-refractivity contribution in [3.8, 4) is 5.69 Å². The Hall–Kier alpha value is -1.92. The number of carbonyl (C=O) groups is 1. The highest BCUT2D eigenvalue weighted by atomic mass is 35.5. The zero-order valence-electron chi connectivity index (χ0n) is 13.7. The van der Waals surface area contributed by atoms with Crippen LogP contribution in [0.1, 0.15) is 35.9 Å². The number of rotatable bonds is 4. The van der Waals surface area contributed by atoms with E-state index in [9.17, 15) is 9.90 Å². The summed E-state index contributed by atoms with van der Waals surface area (Å²) in [6.07, 6.45) is 2.30. The quantitative estimate of drug-likeness (QED) is 0.920. The number of hydrogen-bond acceptors (Lipinski definition) is 4. The van der Waals surface area contributed by atoms with Crippen molar-refractivity contribution >= 4 is 17.5 Å². The molecule has 3 rings (SSSR count). The maximum atomic E-state index is 12.8. The summed E-state index contributed by atoms with van der Waals surface area (Å²) < 4.78 is 1.68. The Morgan fingerprint density at radius 1 is 1.38 bits per heavy atom. The summed E-state index contributed by atoms with van der Waals surface area (Å²) in [5.41, 5.74) is 1.98. The number of likely N-dealkylation sites (tertiary alicyclic amines) is 1. The highest BCUT2D eigenvalue weighted by molar-refractivity contribution is 6.30. The Labute approximate surface area is 146 Å². The van der Waals surface area contributed by atoms with Crippen LogP contribution in [-0.4, -0.2) is 50.6 Å². The number of hydrogen-bond donors (Lipinski definition) is 1. The molecule has 1 aromatic heterocycles. The molecule has 24 heavy (non-hydrogen) atoms. The predicted molar refractivity (Wildman–Crippen MR) is 91.5 cm³/mol. The standard InChI is InChI=1S/C17H21ClN4O2/c1-2-15-16(17(24)21-8-6-12(11-23)7-9-21)19-20-22(15)14-5-3-4-13(18)10-14/h3-5,10,12,23H,2,6-9,11H2,1H3. The van der Waals surface area contributed by atoms with Crippen LogP contribution >= 0.6 is 11.6 Å². The Kier molecular flexibility index (Phi) is 5.16. The Morgan fingerprint density at radius 2 is 2.12 bits per heavy atom. The maximum Gasteiger partial charge on any atom is 0.276 e. The van der Waals surface area contributed by atoms with Crippen molar-refractivity contribution < 1.29 is 9.90 Å². The van der Waals surface area contributed by atoms with Gasteiger partial charge in [-0.1, -0.05) is 29.8 Å². The average Bonchev–Trinajstić information content (AvgIpc) is 3.05. The number of nitrogens with zero attached hydrogens (tertiary/aromatic N) is 4. The van der Waals surface area contributed by atoms with E-state index in [4.69, 9.17) is 11.6 Å². The Bertz CT molecular complexity index is 723. The van der Waals surface area contributed by atoms with Crippen LogP contribution in [0.25, 0.3) is 5.69 Å². The van der Waals surface area contributed by atoms with E-state index in [0.717, 1.165) is 24.2 Å². The second-order valence-electron chi connectivity index (χ2n) is 6.05. The van der Waals surface area contributed by atoms with Crippen molar-refractivity contribution in [3.63, 3.8) is 0 Å². The van der Waals surface area contributed by atoms with Crippen LogP contribution in [0.2, 0.25) is 5.02 Å². The monoisotopic (exact) mass is 348 g/mol. The van der Waals surface area contributed by atoms with Crippen molar-refractivity contribution in [2.24, 2.45) is 5.92 Å². The van der Waals surface area contributed by atoms with Gasteiger partial charge in [0.15, 0.2) is 5.69 Å². The number of aromatic nitrogens is 3. The molecule has 0 spiro atoms. The minimum absolute atomic E-state index is 0.0866. The lowest BCUT2D eigenvalue weighted by Crippen LogP contribution is -2.39. The largest absolute Gasteiger partial charge is 0.396 e. The average molecular weight is 349 g/mol. The van der Waals surface area contributed by atoms with Gasteiger partial charge in [-0.3, -0.25) is 4.79 Å². The second kappa shape index (κ2) is 7.32. The van der Waals surface area contributed by atoms with Crippen LogP contribution in [0.5, 0.6) is 0 Å². The first-order chi connectivity index (χ1) is 11.6. The Balaban J connectivity index is 1.85. The fourth-order valence-electron chi connectivity index (χ4n) is 3.07. The molecule has 128 valence electrons. The number of benzene rings is 1. The smallest absolute Gasteiger partial charge is 0.276 e. The number of aliphatic hydroxyl groups excluding tert-OH is 1. The van der Waals surface area contributed by atoms with Gasteiger partial charge in [-0.15, -0.1) is 5.10 Å². The molecule has 1 aliphatic heterocycles. The van der Waals surface area contributed by atoms with E-state index < -0.39 is 0 Å². The topological polar surface area (TPSA) is 71.2 Å². The first-order valence-corrected chi connectivity index (χ1v) is 8.62. The summed E-state index contributed by atoms with van der Waals surface area (Å²) in [6, 6.07) is 7.34. The van der Waals surface area contributed by atoms with Gasteiger partial charge in [0.05, 0.1) is 11.4 Å². The fourth-order valence-corrected chi connectivity index (χ4v) is 3.25. The van der Waals surface area contributed by atoms with Gasteiger partial charge < -0.3 is 10.0 Å². The third kappa shape index (κ3) is 3.30. The van der Waals surface area contributed by atoms with Gasteiger partial charge in [0.1, 0.15) is 0 Å². The zero-order valence-corrected chi connectivity index (χ0v) is 14.4. The van der Waals surface area contributed by atoms with E-state index >= 15 is 0 Å². The fraction of sp³-hybridized carbons (Fsp3) is 0.471. The number of amides is 1. The molecule has 0 atom stereocenters. The van der Waals surface area contributed by atoms with Crippen LogP contribution < -0.4 is 0 Å². The SMILES string of the molecule is CCc1c(C(=O)N2CCC(CO)CC2)nnn1-c1cccc(Cl)c1. The molecule has 1 amide bonds. The molecule has 2 aromatic rings. The molecule has 2 heterocycles. The predicted octanol–water partition coefficient (Wildman–Crippen LogP) is 2.33. The first kappa shape index (κ1) is 16.9. The molecular weight excluding hydrogens is 328 g/mol. The minimum Gasteiger partial charge on any atom is -0.396 e. The molecule has 0 saturated carbocycles. The zero-order chi connectivity index (χ0) is 17.1. The molecule has 1 aromatic carbocycles. The number of piperidine rings is 1. The molecule has 1 saturated heterocycles. The van der Waals surface area contributed by atoms with Crippen molar-refractivity contribution in [3.05, 3.63) is 40.7 Å². The summed E-state index contributed by atoms with van der Waals surface area (Å²) in [7, 11) is 0. The summed E-state index contributed by atoms with van der Waals surface area (Å²) >= 11 is 6.05. The summed E-state index contributed by atoms with van der Waals surface area (Å²) in [6.45, 7) is 3.47. The van der Waals surface area contributed by atoms with E-state index in [1.54, 1.807) is 21.7 Å². The Morgan fingerprint density at radius 3 is 2.75 bits per heavy atom. The maximum absolute atomic E-state index is 12.8. The van der Waals surface area contributed by atoms with Gasteiger partial charge in [0, 0.05) is 24.7 Å². The number of aliphatic hydroxyl groups is 1. The van der Waals surface area contributed by atoms with Crippen LogP contribution in [0, 0.1) is 5.92 Å². The van der Waals surface area contributed by atoms with Crippen LogP contribution in [0.4, 0.5) is 0 Å². The first-order valence-electron chi connectivity index (χ1n) is 8.24. The molecule has 1 N–H and O–H groups in total. The van der Waals surface area contributed by atoms with Gasteiger partial charge in [-0.2, -0.15) is 0 Å². The van der Waals surface area contributed by atoms with Crippen molar-refractivity contribution in [1.29, 1.82) is 0 Å². The normalized spacial score (nSPS) is 15.7. The molecule has 7 heteroatoms. The van der Waals surface area contributed by atoms with Gasteiger partial charge in [-0.05, 0) is 43.4 Å². The molecular formula is C17H21ClN4O2. The third-order valence-corrected chi connectivity index (χ3v) is 4.75. The highest BCUT2D eigenvalue weighted by Gasteiger charge is 2.27. The lowest BCUT2D eigenvalue weighted by atomic mass is 9.97. The van der Waals surface area contributed by atoms with Crippen LogP contribution in [-0.2, 0) is 6.42 Å². The van der Waals surface area contributed by atoms with Crippen LogP contribution in [0.15, 0.2) is 24.3 Å². The second-order valence-corrected chi connectivity index (χ2v) is 6.48. The molecule has 0 aliphatic carbocycles. The van der Waals surface area contributed by atoms with E-state index in [0.29, 0.717) is 36.1 Å². The van der Waals surface area contributed by atoms with Gasteiger partial charge in [-0.25, -0.2) is 4.68 Å². The van der Waals surface area contributed by atoms with E-state index in [2.05, 4.69) is 10.3 Å². The van der Waals surface area contributed by atoms with Crippen molar-refractivity contribution in [1.82, 2.24) is 19.9 Å². The summed E-state index contributed by atoms with van der Waals surface area (Å²) in [5.74, 6) is 0.207. The van der Waals surface area contributed by atoms with Crippen molar-refractivity contribution in [2.45, 2.75) is 26.2 Å². The third-order valence-electron chi connectivity index (χ3n) is 4.51. The molecule has 1 aliphatic rings. The molecule has 1 fully saturated rings. The van der Waals surface area contributed by atoms with E-state index in [1.807, 2.05) is 19.1 Å². The van der Waals surface area contributed by atoms with E-state index in [-0.39, 0.29) is 12.5 Å². The molecule has 0 radical (unpaired) electrons. The number of carbonyl (C=O) groups excluding carboxylic acids is 1. The lowest BCUT2D eigenvalue weighted by molar-refractivity contribution is 0.0644.